The summed E-state index contributed by atoms with van der Waals surface area (Å²) in [5, 5.41) is 0. The van der Waals surface area contributed by atoms with Crippen molar-refractivity contribution in [2.24, 2.45) is 11.8 Å². The average Bonchev–Trinajstić information content (AvgIpc) is 2.95. The zero-order valence-corrected chi connectivity index (χ0v) is 22.0. The fraction of sp³-hybridized carbons (Fsp3) is 0.206. The Bertz CT molecular complexity index is 1420. The third-order valence-electron chi connectivity index (χ3n) is 6.66. The molecule has 0 aliphatic carbocycles. The second kappa shape index (κ2) is 12.9. The number of hydrogen-bond acceptors (Lipinski definition) is 4. The van der Waals surface area contributed by atoms with E-state index in [0.717, 1.165) is 11.1 Å². The van der Waals surface area contributed by atoms with Gasteiger partial charge in [-0.05, 0) is 28.8 Å². The number of Topliss-reactive ketones (excluding diaryl/α,β-unsaturated/α-hetero) is 3. The molecule has 0 saturated carbocycles. The first-order valence-electron chi connectivity index (χ1n) is 13.0. The zero-order valence-electron chi connectivity index (χ0n) is 22.0. The van der Waals surface area contributed by atoms with Crippen LogP contribution in [0.25, 0.3) is 0 Å². The van der Waals surface area contributed by atoms with Crippen LogP contribution >= 0.6 is 0 Å². The normalized spacial score (nSPS) is 12.5. The second-order valence-corrected chi connectivity index (χ2v) is 9.83. The number of carbonyl (C=O) groups excluding carboxylic acids is 3. The number of carbonyl (C=O) groups is 3. The van der Waals surface area contributed by atoms with Gasteiger partial charge in [-0.2, -0.15) is 0 Å². The number of ether oxygens (including phenoxy) is 1. The maximum absolute atomic E-state index is 14.3. The van der Waals surface area contributed by atoms with E-state index in [-0.39, 0.29) is 35.9 Å². The predicted molar refractivity (Wildman–Crippen MR) is 149 cm³/mol. The lowest BCUT2D eigenvalue weighted by Gasteiger charge is -2.27. The van der Waals surface area contributed by atoms with Crippen molar-refractivity contribution in [2.45, 2.75) is 32.8 Å². The second-order valence-electron chi connectivity index (χ2n) is 9.83. The Balaban J connectivity index is 1.77. The molecule has 4 aromatic rings. The van der Waals surface area contributed by atoms with Crippen molar-refractivity contribution < 1.29 is 23.5 Å². The molecular formula is C34H31FO4. The van der Waals surface area contributed by atoms with Crippen molar-refractivity contribution in [2.75, 3.05) is 0 Å². The van der Waals surface area contributed by atoms with Crippen molar-refractivity contribution >= 4 is 17.3 Å². The third-order valence-corrected chi connectivity index (χ3v) is 6.66. The summed E-state index contributed by atoms with van der Waals surface area (Å²) in [6.45, 7) is 3.58. The van der Waals surface area contributed by atoms with E-state index in [1.54, 1.807) is 38.1 Å². The van der Waals surface area contributed by atoms with E-state index in [1.165, 1.54) is 18.2 Å². The SMILES string of the molecule is CC(C)C(=O)C(C(=O)Cc1ccccc1)C(C(=O)c1ccc(F)cc1OCc1ccccc1)c1ccccc1. The Morgan fingerprint density at radius 2 is 1.31 bits per heavy atom. The molecule has 0 fully saturated rings. The van der Waals surface area contributed by atoms with Crippen LogP contribution in [0, 0.1) is 17.7 Å². The highest BCUT2D eigenvalue weighted by atomic mass is 19.1. The number of halogens is 1. The Kier molecular flexibility index (Phi) is 9.16. The predicted octanol–water partition coefficient (Wildman–Crippen LogP) is 7.02. The molecule has 0 aliphatic rings. The Labute approximate surface area is 228 Å². The molecule has 39 heavy (non-hydrogen) atoms. The molecule has 0 bridgehead atoms. The van der Waals surface area contributed by atoms with Crippen LogP contribution in [-0.2, 0) is 22.6 Å². The minimum Gasteiger partial charge on any atom is -0.488 e. The first-order valence-corrected chi connectivity index (χ1v) is 13.0. The maximum Gasteiger partial charge on any atom is 0.175 e. The third kappa shape index (κ3) is 6.94. The van der Waals surface area contributed by atoms with E-state index in [4.69, 9.17) is 4.74 Å². The van der Waals surface area contributed by atoms with Crippen LogP contribution in [0.3, 0.4) is 0 Å². The Morgan fingerprint density at radius 3 is 1.90 bits per heavy atom. The summed E-state index contributed by atoms with van der Waals surface area (Å²) < 4.78 is 20.2. The highest BCUT2D eigenvalue weighted by Crippen LogP contribution is 2.36. The minimum atomic E-state index is -1.22. The topological polar surface area (TPSA) is 60.4 Å². The first kappa shape index (κ1) is 27.6. The number of rotatable bonds is 12. The molecule has 5 heteroatoms. The summed E-state index contributed by atoms with van der Waals surface area (Å²) >= 11 is 0. The van der Waals surface area contributed by atoms with Crippen LogP contribution < -0.4 is 4.74 Å². The highest BCUT2D eigenvalue weighted by Gasteiger charge is 2.41. The molecular weight excluding hydrogens is 491 g/mol. The van der Waals surface area contributed by atoms with E-state index in [2.05, 4.69) is 0 Å². The van der Waals surface area contributed by atoms with Crippen LogP contribution in [0.4, 0.5) is 4.39 Å². The smallest absolute Gasteiger partial charge is 0.175 e. The molecule has 0 aliphatic heterocycles. The molecule has 4 nitrogen and oxygen atoms in total. The molecule has 4 rings (SSSR count). The quantitative estimate of drug-likeness (QED) is 0.148. The largest absolute Gasteiger partial charge is 0.488 e. The fourth-order valence-corrected chi connectivity index (χ4v) is 4.65. The van der Waals surface area contributed by atoms with Gasteiger partial charge < -0.3 is 4.74 Å². The first-order chi connectivity index (χ1) is 18.8. The van der Waals surface area contributed by atoms with Gasteiger partial charge in [0.05, 0.1) is 17.4 Å². The van der Waals surface area contributed by atoms with Gasteiger partial charge in [0.2, 0.25) is 0 Å². The number of hydrogen-bond donors (Lipinski definition) is 0. The minimum absolute atomic E-state index is 0.0152. The molecule has 0 saturated heterocycles. The van der Waals surface area contributed by atoms with Crippen LogP contribution in [-0.4, -0.2) is 17.3 Å². The van der Waals surface area contributed by atoms with E-state index < -0.39 is 29.4 Å². The van der Waals surface area contributed by atoms with Gasteiger partial charge in [-0.15, -0.1) is 0 Å². The van der Waals surface area contributed by atoms with Gasteiger partial charge in [-0.3, -0.25) is 14.4 Å². The zero-order chi connectivity index (χ0) is 27.8. The summed E-state index contributed by atoms with van der Waals surface area (Å²) in [7, 11) is 0. The van der Waals surface area contributed by atoms with E-state index in [0.29, 0.717) is 5.56 Å². The van der Waals surface area contributed by atoms with E-state index >= 15 is 0 Å². The summed E-state index contributed by atoms with van der Waals surface area (Å²) in [5.41, 5.74) is 2.28. The van der Waals surface area contributed by atoms with Crippen molar-refractivity contribution in [1.82, 2.24) is 0 Å². The number of ketones is 3. The van der Waals surface area contributed by atoms with Gasteiger partial charge in [0.15, 0.2) is 5.78 Å². The van der Waals surface area contributed by atoms with Crippen LogP contribution in [0.5, 0.6) is 5.75 Å². The van der Waals surface area contributed by atoms with E-state index in [1.807, 2.05) is 66.7 Å². The average molecular weight is 523 g/mol. The lowest BCUT2D eigenvalue weighted by atomic mass is 9.73. The molecule has 0 amide bonds. The molecule has 198 valence electrons. The van der Waals surface area contributed by atoms with Gasteiger partial charge in [0, 0.05) is 18.4 Å². The van der Waals surface area contributed by atoms with Gasteiger partial charge in [-0.1, -0.05) is 105 Å². The fourth-order valence-electron chi connectivity index (χ4n) is 4.65. The van der Waals surface area contributed by atoms with E-state index in [9.17, 15) is 18.8 Å². The molecule has 0 heterocycles. The Hall–Kier alpha value is -4.38. The molecule has 0 aromatic heterocycles. The summed E-state index contributed by atoms with van der Waals surface area (Å²) in [4.78, 5) is 41.7. The van der Waals surface area contributed by atoms with Crippen LogP contribution in [0.1, 0.15) is 46.8 Å². The lowest BCUT2D eigenvalue weighted by Crippen LogP contribution is -2.37. The monoisotopic (exact) mass is 522 g/mol. The molecule has 0 spiro atoms. The van der Waals surface area contributed by atoms with Crippen molar-refractivity contribution in [3.8, 4) is 5.75 Å². The maximum atomic E-state index is 14.3. The van der Waals surface area contributed by atoms with Crippen molar-refractivity contribution in [3.63, 3.8) is 0 Å². The summed E-state index contributed by atoms with van der Waals surface area (Å²) in [5.74, 6) is -4.39. The standard InChI is InChI=1S/C34H31FO4/c1-23(2)33(37)32(29(36)20-24-12-6-3-7-13-24)31(26-16-10-5-11-17-26)34(38)28-19-18-27(35)21-30(28)39-22-25-14-8-4-9-15-25/h3-19,21,23,31-32H,20,22H2,1-2H3. The molecule has 2 atom stereocenters. The molecule has 0 radical (unpaired) electrons. The van der Waals surface area contributed by atoms with Crippen molar-refractivity contribution in [3.05, 3.63) is 137 Å². The van der Waals surface area contributed by atoms with Gasteiger partial charge >= 0.3 is 0 Å². The van der Waals surface area contributed by atoms with Crippen LogP contribution in [0.2, 0.25) is 0 Å². The molecule has 4 aromatic carbocycles. The Morgan fingerprint density at radius 1 is 0.744 bits per heavy atom. The number of benzene rings is 4. The lowest BCUT2D eigenvalue weighted by molar-refractivity contribution is -0.134. The molecule has 0 N–H and O–H groups in total. The molecule has 2 unspecified atom stereocenters. The van der Waals surface area contributed by atoms with Crippen LogP contribution in [0.15, 0.2) is 109 Å². The highest BCUT2D eigenvalue weighted by molar-refractivity contribution is 6.13. The van der Waals surface area contributed by atoms with Gasteiger partial charge in [0.25, 0.3) is 0 Å². The van der Waals surface area contributed by atoms with Gasteiger partial charge in [0.1, 0.15) is 29.7 Å². The summed E-state index contributed by atoms with van der Waals surface area (Å²) in [6.07, 6.45) is 0.0152. The van der Waals surface area contributed by atoms with Crippen molar-refractivity contribution in [1.29, 1.82) is 0 Å². The summed E-state index contributed by atoms with van der Waals surface area (Å²) in [6, 6.07) is 31.1. The van der Waals surface area contributed by atoms with Gasteiger partial charge in [-0.25, -0.2) is 4.39 Å².